The number of carbonyl (C=O) groups is 1. The van der Waals surface area contributed by atoms with E-state index < -0.39 is 0 Å². The van der Waals surface area contributed by atoms with Crippen molar-refractivity contribution >= 4 is 16.9 Å². The summed E-state index contributed by atoms with van der Waals surface area (Å²) in [6, 6.07) is 15.7. The molecule has 0 N–H and O–H groups in total. The Bertz CT molecular complexity index is 1270. The van der Waals surface area contributed by atoms with Gasteiger partial charge in [-0.15, -0.1) is 0 Å². The van der Waals surface area contributed by atoms with Crippen LogP contribution in [0.3, 0.4) is 0 Å². The Morgan fingerprint density at radius 3 is 2.66 bits per heavy atom. The van der Waals surface area contributed by atoms with E-state index in [4.69, 9.17) is 4.74 Å². The molecule has 2 saturated heterocycles. The molecule has 4 aromatic rings. The van der Waals surface area contributed by atoms with E-state index in [0.29, 0.717) is 23.7 Å². The maximum Gasteiger partial charge on any atom is 0.256 e. The zero-order chi connectivity index (χ0) is 21.5. The Morgan fingerprint density at radius 2 is 1.78 bits per heavy atom. The van der Waals surface area contributed by atoms with Crippen molar-refractivity contribution in [3.63, 3.8) is 0 Å². The number of hydrogen-bond donors (Lipinski definition) is 0. The number of ether oxygens (including phenoxy) is 1. The summed E-state index contributed by atoms with van der Waals surface area (Å²) in [5.41, 5.74) is 3.00. The lowest BCUT2D eigenvalue weighted by atomic mass is 9.90. The lowest BCUT2D eigenvalue weighted by Crippen LogP contribution is -2.38. The molecule has 0 radical (unpaired) electrons. The predicted molar refractivity (Wildman–Crippen MR) is 117 cm³/mol. The van der Waals surface area contributed by atoms with Crippen LogP contribution in [0, 0.1) is 5.92 Å². The average molecular weight is 426 g/mol. The van der Waals surface area contributed by atoms with Gasteiger partial charge in [-0.25, -0.2) is 9.97 Å². The molecule has 4 heterocycles. The summed E-state index contributed by atoms with van der Waals surface area (Å²) in [6.07, 6.45) is 7.88. The summed E-state index contributed by atoms with van der Waals surface area (Å²) >= 11 is 0. The van der Waals surface area contributed by atoms with Crippen LogP contribution in [0.4, 0.5) is 0 Å². The quantitative estimate of drug-likeness (QED) is 0.487. The smallest absolute Gasteiger partial charge is 0.256 e. The molecular weight excluding hydrogens is 404 g/mol. The molecule has 2 aliphatic heterocycles. The highest BCUT2D eigenvalue weighted by Crippen LogP contribution is 2.43. The van der Waals surface area contributed by atoms with Gasteiger partial charge in [-0.2, -0.15) is 15.0 Å². The maximum atomic E-state index is 13.6. The van der Waals surface area contributed by atoms with E-state index in [1.807, 2.05) is 48.5 Å². The van der Waals surface area contributed by atoms with E-state index in [1.54, 1.807) is 18.6 Å². The number of para-hydroxylation sites is 3. The number of rotatable bonds is 5. The van der Waals surface area contributed by atoms with Crippen molar-refractivity contribution < 1.29 is 9.53 Å². The number of benzene rings is 2. The fraction of sp³-hybridized carbons (Fsp3) is 0.292. The highest BCUT2D eigenvalue weighted by atomic mass is 16.5. The second kappa shape index (κ2) is 7.71. The summed E-state index contributed by atoms with van der Waals surface area (Å²) in [4.78, 5) is 26.1. The largest absolute Gasteiger partial charge is 0.476 e. The number of amides is 1. The summed E-state index contributed by atoms with van der Waals surface area (Å²) in [6.45, 7) is 0.528. The van der Waals surface area contributed by atoms with E-state index in [9.17, 15) is 4.79 Å². The molecule has 8 nitrogen and oxygen atoms in total. The van der Waals surface area contributed by atoms with E-state index in [0.717, 1.165) is 30.3 Å². The molecular formula is C24H22N6O2. The first-order valence-corrected chi connectivity index (χ1v) is 10.9. The molecule has 2 bridgehead atoms. The summed E-state index contributed by atoms with van der Waals surface area (Å²) < 4.78 is 6.03. The Kier molecular flexibility index (Phi) is 4.56. The van der Waals surface area contributed by atoms with Crippen molar-refractivity contribution in [2.45, 2.75) is 31.3 Å². The summed E-state index contributed by atoms with van der Waals surface area (Å²) in [5, 5.41) is 8.42. The molecule has 2 aliphatic rings. The molecule has 0 spiro atoms. The lowest BCUT2D eigenvalue weighted by Gasteiger charge is -2.25. The van der Waals surface area contributed by atoms with Crippen molar-refractivity contribution in [2.24, 2.45) is 5.92 Å². The highest BCUT2D eigenvalue weighted by molar-refractivity contribution is 5.98. The molecule has 0 saturated carbocycles. The first-order chi connectivity index (χ1) is 15.8. The summed E-state index contributed by atoms with van der Waals surface area (Å²) in [7, 11) is 0. The minimum absolute atomic E-state index is 0.0402. The third-order valence-electron chi connectivity index (χ3n) is 6.54. The molecule has 2 fully saturated rings. The van der Waals surface area contributed by atoms with Gasteiger partial charge in [0.2, 0.25) is 5.88 Å². The van der Waals surface area contributed by atoms with Crippen molar-refractivity contribution in [3.05, 3.63) is 72.7 Å². The van der Waals surface area contributed by atoms with Crippen molar-refractivity contribution in [3.8, 4) is 11.6 Å². The zero-order valence-corrected chi connectivity index (χ0v) is 17.4. The van der Waals surface area contributed by atoms with Gasteiger partial charge in [0, 0.05) is 18.0 Å². The molecule has 6 rings (SSSR count). The number of carbonyl (C=O) groups excluding carboxylic acids is 1. The lowest BCUT2D eigenvalue weighted by molar-refractivity contribution is 0.0709. The molecule has 2 aromatic carbocycles. The Balaban J connectivity index is 1.20. The van der Waals surface area contributed by atoms with Gasteiger partial charge < -0.3 is 9.64 Å². The maximum absolute atomic E-state index is 13.6. The minimum atomic E-state index is 0.0402. The van der Waals surface area contributed by atoms with Crippen LogP contribution in [0.2, 0.25) is 0 Å². The van der Waals surface area contributed by atoms with Crippen molar-refractivity contribution in [2.75, 3.05) is 6.61 Å². The second-order valence-corrected chi connectivity index (χ2v) is 8.35. The predicted octanol–water partition coefficient (Wildman–Crippen LogP) is 3.28. The molecule has 160 valence electrons. The van der Waals surface area contributed by atoms with E-state index in [-0.39, 0.29) is 23.9 Å². The number of nitrogens with zero attached hydrogens (tertiary/aromatic N) is 6. The third kappa shape index (κ3) is 3.19. The molecule has 2 aromatic heterocycles. The molecule has 32 heavy (non-hydrogen) atoms. The van der Waals surface area contributed by atoms with Gasteiger partial charge in [-0.05, 0) is 43.5 Å². The Morgan fingerprint density at radius 1 is 1.00 bits per heavy atom. The van der Waals surface area contributed by atoms with Gasteiger partial charge in [0.1, 0.15) is 0 Å². The van der Waals surface area contributed by atoms with Gasteiger partial charge >= 0.3 is 0 Å². The Hall–Kier alpha value is -3.81. The average Bonchev–Trinajstić information content (AvgIpc) is 3.59. The number of aromatic nitrogens is 5. The van der Waals surface area contributed by atoms with Gasteiger partial charge in [0.25, 0.3) is 5.91 Å². The third-order valence-corrected chi connectivity index (χ3v) is 6.54. The number of hydrogen-bond acceptors (Lipinski definition) is 6. The second-order valence-electron chi connectivity index (χ2n) is 8.35. The van der Waals surface area contributed by atoms with Crippen molar-refractivity contribution in [1.82, 2.24) is 29.9 Å². The first kappa shape index (κ1) is 18.9. The van der Waals surface area contributed by atoms with Crippen LogP contribution < -0.4 is 4.74 Å². The molecule has 3 atom stereocenters. The van der Waals surface area contributed by atoms with Gasteiger partial charge in [-0.1, -0.05) is 24.3 Å². The van der Waals surface area contributed by atoms with E-state index in [1.165, 1.54) is 4.80 Å². The van der Waals surface area contributed by atoms with Crippen LogP contribution in [-0.2, 0) is 0 Å². The Labute approximate surface area is 184 Å². The van der Waals surface area contributed by atoms with Gasteiger partial charge in [-0.3, -0.25) is 4.79 Å². The highest BCUT2D eigenvalue weighted by Gasteiger charge is 2.49. The standard InChI is InChI=1S/C24H22N6O2/c31-24(18-5-1-4-8-22(18)30-26-11-12-27-30)29-17-9-10-21(29)16(13-17)15-32-23-14-25-19-6-2-3-7-20(19)28-23/h1-8,11-12,14,16-17,21H,9-10,13,15H2. The monoisotopic (exact) mass is 426 g/mol. The van der Waals surface area contributed by atoms with Crippen LogP contribution in [0.5, 0.6) is 5.88 Å². The summed E-state index contributed by atoms with van der Waals surface area (Å²) in [5.74, 6) is 0.846. The van der Waals surface area contributed by atoms with Crippen LogP contribution >= 0.6 is 0 Å². The van der Waals surface area contributed by atoms with Crippen LogP contribution in [0.1, 0.15) is 29.6 Å². The van der Waals surface area contributed by atoms with E-state index in [2.05, 4.69) is 25.1 Å². The molecule has 1 amide bonds. The molecule has 3 unspecified atom stereocenters. The van der Waals surface area contributed by atoms with Gasteiger partial charge in [0.15, 0.2) is 0 Å². The van der Waals surface area contributed by atoms with Crippen molar-refractivity contribution in [1.29, 1.82) is 0 Å². The fourth-order valence-electron chi connectivity index (χ4n) is 5.12. The van der Waals surface area contributed by atoms with Crippen LogP contribution in [0.25, 0.3) is 16.7 Å². The zero-order valence-electron chi connectivity index (χ0n) is 17.4. The molecule has 0 aliphatic carbocycles. The van der Waals surface area contributed by atoms with Gasteiger partial charge in [0.05, 0.1) is 47.5 Å². The fourth-order valence-corrected chi connectivity index (χ4v) is 5.12. The van der Waals surface area contributed by atoms with Crippen LogP contribution in [-0.4, -0.2) is 54.5 Å². The topological polar surface area (TPSA) is 86.0 Å². The van der Waals surface area contributed by atoms with Crippen LogP contribution in [0.15, 0.2) is 67.1 Å². The molecule has 8 heteroatoms. The first-order valence-electron chi connectivity index (χ1n) is 10.9. The normalized spacial score (nSPS) is 21.9. The van der Waals surface area contributed by atoms with E-state index >= 15 is 0 Å². The SMILES string of the molecule is O=C(c1ccccc1-n1nccn1)N1C2CCC1C(COc1cnc3ccccc3n1)C2. The minimum Gasteiger partial charge on any atom is -0.476 e. The number of fused-ring (bicyclic) bond motifs is 3.